The molecule has 2 heterocycles. The molecule has 0 atom stereocenters. The summed E-state index contributed by atoms with van der Waals surface area (Å²) in [7, 11) is 1.86. The summed E-state index contributed by atoms with van der Waals surface area (Å²) in [6.45, 7) is 2.90. The SMILES string of the molecule is CN(CC1CC1)C(=O)c1sc(N2CCCCC2)nc1N. The van der Waals surface area contributed by atoms with Crippen molar-refractivity contribution in [2.45, 2.75) is 32.1 Å². The summed E-state index contributed by atoms with van der Waals surface area (Å²) in [5.41, 5.74) is 5.96. The average Bonchev–Trinajstić information content (AvgIpc) is 3.19. The largest absolute Gasteiger partial charge is 0.382 e. The number of carbonyl (C=O) groups is 1. The monoisotopic (exact) mass is 294 g/mol. The average molecular weight is 294 g/mol. The lowest BCUT2D eigenvalue weighted by atomic mass is 10.1. The number of nitrogens with two attached hydrogens (primary N) is 1. The third-order valence-electron chi connectivity index (χ3n) is 4.04. The molecule has 2 aliphatic rings. The molecular formula is C14H22N4OS. The molecule has 1 aromatic heterocycles. The summed E-state index contributed by atoms with van der Waals surface area (Å²) in [4.78, 5) is 21.5. The highest BCUT2D eigenvalue weighted by Crippen LogP contribution is 2.33. The number of hydrogen-bond donors (Lipinski definition) is 1. The van der Waals surface area contributed by atoms with Crippen molar-refractivity contribution < 1.29 is 4.79 Å². The summed E-state index contributed by atoms with van der Waals surface area (Å²) in [5.74, 6) is 1.11. The Hall–Kier alpha value is -1.30. The molecule has 1 aliphatic heterocycles. The van der Waals surface area contributed by atoms with E-state index in [1.165, 1.54) is 43.4 Å². The normalized spacial score (nSPS) is 19.1. The number of aromatic nitrogens is 1. The van der Waals surface area contributed by atoms with Crippen molar-refractivity contribution in [1.82, 2.24) is 9.88 Å². The third kappa shape index (κ3) is 2.90. The molecule has 6 heteroatoms. The van der Waals surface area contributed by atoms with Crippen LogP contribution in [0.4, 0.5) is 10.9 Å². The Labute approximate surface area is 123 Å². The van der Waals surface area contributed by atoms with Crippen LogP contribution in [0, 0.1) is 5.92 Å². The third-order valence-corrected chi connectivity index (χ3v) is 5.16. The van der Waals surface area contributed by atoms with Crippen molar-refractivity contribution in [3.8, 4) is 0 Å². The molecule has 110 valence electrons. The Kier molecular flexibility index (Phi) is 3.83. The van der Waals surface area contributed by atoms with E-state index in [2.05, 4.69) is 9.88 Å². The fourth-order valence-corrected chi connectivity index (χ4v) is 3.67. The standard InChI is InChI=1S/C14H22N4OS/c1-17(9-10-5-6-10)13(19)11-12(15)16-14(20-11)18-7-3-2-4-8-18/h10H,2-9,15H2,1H3. The van der Waals surface area contributed by atoms with Crippen molar-refractivity contribution >= 4 is 28.2 Å². The zero-order valence-corrected chi connectivity index (χ0v) is 12.8. The van der Waals surface area contributed by atoms with E-state index in [1.807, 2.05) is 7.05 Å². The number of carbonyl (C=O) groups excluding carboxylic acids is 1. The Balaban J connectivity index is 1.71. The van der Waals surface area contributed by atoms with Crippen molar-refractivity contribution in [3.05, 3.63) is 4.88 Å². The van der Waals surface area contributed by atoms with E-state index >= 15 is 0 Å². The molecule has 0 spiro atoms. The van der Waals surface area contributed by atoms with Gasteiger partial charge in [0.15, 0.2) is 5.13 Å². The van der Waals surface area contributed by atoms with E-state index in [0.717, 1.165) is 24.8 Å². The van der Waals surface area contributed by atoms with Crippen molar-refractivity contribution in [3.63, 3.8) is 0 Å². The van der Waals surface area contributed by atoms with Gasteiger partial charge in [-0.25, -0.2) is 4.98 Å². The number of nitrogen functional groups attached to an aromatic ring is 1. The first-order chi connectivity index (χ1) is 9.65. The van der Waals surface area contributed by atoms with Crippen LogP contribution in [0.2, 0.25) is 0 Å². The smallest absolute Gasteiger partial charge is 0.267 e. The first kappa shape index (κ1) is 13.7. The molecule has 1 saturated heterocycles. The number of anilines is 2. The second-order valence-corrected chi connectivity index (χ2v) is 6.87. The van der Waals surface area contributed by atoms with Gasteiger partial charge in [-0.3, -0.25) is 4.79 Å². The molecule has 5 nitrogen and oxygen atoms in total. The second-order valence-electron chi connectivity index (χ2n) is 5.89. The van der Waals surface area contributed by atoms with Crippen LogP contribution < -0.4 is 10.6 Å². The maximum atomic E-state index is 12.4. The number of rotatable bonds is 4. The number of amides is 1. The predicted octanol–water partition coefficient (Wildman–Crippen LogP) is 2.20. The first-order valence-corrected chi connectivity index (χ1v) is 8.23. The number of piperidine rings is 1. The van der Waals surface area contributed by atoms with Crippen molar-refractivity contribution in [2.24, 2.45) is 5.92 Å². The highest BCUT2D eigenvalue weighted by atomic mass is 32.1. The molecule has 2 N–H and O–H groups in total. The number of hydrogen-bond acceptors (Lipinski definition) is 5. The topological polar surface area (TPSA) is 62.5 Å². The Morgan fingerprint density at radius 3 is 2.75 bits per heavy atom. The lowest BCUT2D eigenvalue weighted by Crippen LogP contribution is -2.29. The molecule has 2 fully saturated rings. The summed E-state index contributed by atoms with van der Waals surface area (Å²) < 4.78 is 0. The van der Waals surface area contributed by atoms with Crippen LogP contribution in [0.5, 0.6) is 0 Å². The summed E-state index contributed by atoms with van der Waals surface area (Å²) in [6.07, 6.45) is 6.17. The van der Waals surface area contributed by atoms with E-state index in [9.17, 15) is 4.79 Å². The van der Waals surface area contributed by atoms with E-state index in [4.69, 9.17) is 5.73 Å². The van der Waals surface area contributed by atoms with Gasteiger partial charge in [0.1, 0.15) is 10.7 Å². The molecule has 1 aliphatic carbocycles. The zero-order chi connectivity index (χ0) is 14.1. The van der Waals surface area contributed by atoms with Crippen LogP contribution in [-0.4, -0.2) is 42.5 Å². The van der Waals surface area contributed by atoms with Crippen LogP contribution in [0.15, 0.2) is 0 Å². The van der Waals surface area contributed by atoms with Gasteiger partial charge in [-0.15, -0.1) is 0 Å². The van der Waals surface area contributed by atoms with Gasteiger partial charge < -0.3 is 15.5 Å². The quantitative estimate of drug-likeness (QED) is 0.924. The Morgan fingerprint density at radius 2 is 2.10 bits per heavy atom. The van der Waals surface area contributed by atoms with Gasteiger partial charge in [-0.05, 0) is 38.0 Å². The summed E-state index contributed by atoms with van der Waals surface area (Å²) >= 11 is 1.45. The minimum absolute atomic E-state index is 0.0233. The molecule has 0 aromatic carbocycles. The van der Waals surface area contributed by atoms with Crippen LogP contribution in [0.25, 0.3) is 0 Å². The lowest BCUT2D eigenvalue weighted by Gasteiger charge is -2.25. The van der Waals surface area contributed by atoms with Gasteiger partial charge in [-0.1, -0.05) is 11.3 Å². The first-order valence-electron chi connectivity index (χ1n) is 7.42. The van der Waals surface area contributed by atoms with Gasteiger partial charge in [0.25, 0.3) is 5.91 Å². The van der Waals surface area contributed by atoms with E-state index in [-0.39, 0.29) is 5.91 Å². The number of nitrogens with zero attached hydrogens (tertiary/aromatic N) is 3. The zero-order valence-electron chi connectivity index (χ0n) is 12.0. The molecular weight excluding hydrogens is 272 g/mol. The molecule has 0 unspecified atom stereocenters. The molecule has 1 amide bonds. The predicted molar refractivity (Wildman–Crippen MR) is 82.3 cm³/mol. The maximum Gasteiger partial charge on any atom is 0.267 e. The van der Waals surface area contributed by atoms with E-state index < -0.39 is 0 Å². The molecule has 20 heavy (non-hydrogen) atoms. The minimum Gasteiger partial charge on any atom is -0.382 e. The van der Waals surface area contributed by atoms with Gasteiger partial charge >= 0.3 is 0 Å². The number of thiazole rings is 1. The van der Waals surface area contributed by atoms with Crippen LogP contribution >= 0.6 is 11.3 Å². The fraction of sp³-hybridized carbons (Fsp3) is 0.714. The van der Waals surface area contributed by atoms with Crippen LogP contribution in [0.1, 0.15) is 41.8 Å². The second kappa shape index (κ2) is 5.60. The molecule has 0 radical (unpaired) electrons. The van der Waals surface area contributed by atoms with E-state index in [1.54, 1.807) is 4.90 Å². The molecule has 1 aromatic rings. The highest BCUT2D eigenvalue weighted by Gasteiger charge is 2.28. The highest BCUT2D eigenvalue weighted by molar-refractivity contribution is 7.18. The van der Waals surface area contributed by atoms with Gasteiger partial charge in [0, 0.05) is 26.7 Å². The van der Waals surface area contributed by atoms with Crippen LogP contribution in [-0.2, 0) is 0 Å². The van der Waals surface area contributed by atoms with Gasteiger partial charge in [0.05, 0.1) is 0 Å². The van der Waals surface area contributed by atoms with Gasteiger partial charge in [-0.2, -0.15) is 0 Å². The van der Waals surface area contributed by atoms with Crippen LogP contribution in [0.3, 0.4) is 0 Å². The Morgan fingerprint density at radius 1 is 1.40 bits per heavy atom. The molecule has 0 bridgehead atoms. The lowest BCUT2D eigenvalue weighted by molar-refractivity contribution is 0.0794. The van der Waals surface area contributed by atoms with Gasteiger partial charge in [0.2, 0.25) is 0 Å². The minimum atomic E-state index is 0.0233. The molecule has 1 saturated carbocycles. The summed E-state index contributed by atoms with van der Waals surface area (Å²) in [5, 5.41) is 0.908. The molecule has 3 rings (SSSR count). The van der Waals surface area contributed by atoms with E-state index in [0.29, 0.717) is 16.6 Å². The summed E-state index contributed by atoms with van der Waals surface area (Å²) in [6, 6.07) is 0. The maximum absolute atomic E-state index is 12.4. The van der Waals surface area contributed by atoms with Crippen molar-refractivity contribution in [1.29, 1.82) is 0 Å². The fourth-order valence-electron chi connectivity index (χ4n) is 2.64. The Bertz CT molecular complexity index is 491. The van der Waals surface area contributed by atoms with Crippen molar-refractivity contribution in [2.75, 3.05) is 37.3 Å².